The summed E-state index contributed by atoms with van der Waals surface area (Å²) in [5.41, 5.74) is 0. The van der Waals surface area contributed by atoms with Crippen molar-refractivity contribution in [3.05, 3.63) is 12.1 Å². The van der Waals surface area contributed by atoms with Crippen LogP contribution in [0.1, 0.15) is 0 Å². The van der Waals surface area contributed by atoms with Crippen LogP contribution in [-0.2, 0) is 14.4 Å². The van der Waals surface area contributed by atoms with Gasteiger partial charge in [0.05, 0.1) is 0 Å². The Morgan fingerprint density at radius 2 is 2.00 bits per heavy atom. The number of carbonyl (C=O) groups excluding carboxylic acids is 1. The molecule has 0 radical (unpaired) electrons. The molecule has 0 aliphatic heterocycles. The maximum Gasteiger partial charge on any atom is 0.335 e. The van der Waals surface area contributed by atoms with Gasteiger partial charge in [-0.25, -0.2) is 4.79 Å². The van der Waals surface area contributed by atoms with E-state index in [2.05, 4.69) is 3.07 Å². The van der Waals surface area contributed by atoms with Gasteiger partial charge in [0, 0.05) is 12.1 Å². The summed E-state index contributed by atoms with van der Waals surface area (Å²) in [6, 6.07) is 2.58. The van der Waals surface area contributed by atoms with Gasteiger partial charge in [0.2, 0.25) is 0 Å². The van der Waals surface area contributed by atoms with E-state index in [4.69, 9.17) is 10.2 Å². The third-order valence-electron chi connectivity index (χ3n) is 1.31. The molecule has 12 heavy (non-hydrogen) atoms. The zero-order valence-electron chi connectivity index (χ0n) is 5.90. The zero-order valence-corrected chi connectivity index (χ0v) is 8.06. The quantitative estimate of drug-likeness (QED) is 0.787. The molecule has 0 aliphatic carbocycles. The fourth-order valence-electron chi connectivity index (χ4n) is 0.762. The van der Waals surface area contributed by atoms with Crippen molar-refractivity contribution < 1.29 is 18.1 Å². The summed E-state index contributed by atoms with van der Waals surface area (Å²) in [5, 5.41) is 18.1. The molecule has 1 rings (SSSR count). The van der Waals surface area contributed by atoms with Crippen LogP contribution >= 0.6 is 23.0 Å². The minimum absolute atomic E-state index is 0.172. The van der Waals surface area contributed by atoms with Crippen molar-refractivity contribution in [2.45, 2.75) is 6.54 Å². The number of aromatic hydroxyl groups is 2. The summed E-state index contributed by atoms with van der Waals surface area (Å²) in [5.74, 6) is -0.888. The van der Waals surface area contributed by atoms with E-state index in [1.807, 2.05) is 0 Å². The van der Waals surface area contributed by atoms with E-state index in [0.29, 0.717) is 0 Å². The summed E-state index contributed by atoms with van der Waals surface area (Å²) >= 11 is 1.44. The maximum absolute atomic E-state index is 10.7. The van der Waals surface area contributed by atoms with Crippen molar-refractivity contribution in [3.63, 3.8) is 0 Å². The predicted molar refractivity (Wildman–Crippen MR) is 47.9 cm³/mol. The number of aromatic nitrogens is 1. The summed E-state index contributed by atoms with van der Waals surface area (Å²) < 4.78 is 5.35. The van der Waals surface area contributed by atoms with Crippen LogP contribution in [0.5, 0.6) is 11.8 Å². The van der Waals surface area contributed by atoms with Gasteiger partial charge in [-0.2, -0.15) is 0 Å². The first-order valence-corrected chi connectivity index (χ1v) is 3.92. The Morgan fingerprint density at radius 1 is 1.50 bits per heavy atom. The molecular weight excluding hydrogens is 277 g/mol. The van der Waals surface area contributed by atoms with Gasteiger partial charge in [0.1, 0.15) is 6.54 Å². The molecule has 1 aromatic rings. The Labute approximate surface area is 82.3 Å². The maximum atomic E-state index is 10.7. The number of hydrogen-bond donors (Lipinski definition) is 2. The van der Waals surface area contributed by atoms with Crippen LogP contribution in [0.25, 0.3) is 0 Å². The molecule has 0 saturated heterocycles. The van der Waals surface area contributed by atoms with Gasteiger partial charge in [0.15, 0.2) is 34.8 Å². The van der Waals surface area contributed by atoms with Crippen LogP contribution in [0.2, 0.25) is 0 Å². The summed E-state index contributed by atoms with van der Waals surface area (Å²) in [6.07, 6.45) is 0. The number of hydrogen-bond acceptors (Lipinski definition) is 4. The van der Waals surface area contributed by atoms with Gasteiger partial charge >= 0.3 is 5.97 Å². The van der Waals surface area contributed by atoms with Gasteiger partial charge in [-0.15, -0.1) is 0 Å². The Kier molecular flexibility index (Phi) is 2.79. The topological polar surface area (TPSA) is 71.7 Å². The molecule has 0 fully saturated rings. The molecule has 0 unspecified atom stereocenters. The third kappa shape index (κ3) is 1.81. The van der Waals surface area contributed by atoms with E-state index in [1.54, 1.807) is 0 Å². The molecule has 5 nitrogen and oxygen atoms in total. The van der Waals surface area contributed by atoms with Crippen LogP contribution in [0.3, 0.4) is 0 Å². The van der Waals surface area contributed by atoms with Crippen molar-refractivity contribution in [3.8, 4) is 11.8 Å². The number of nitrogens with zero attached hydrogens (tertiary/aromatic N) is 1. The molecule has 0 amide bonds. The normalized spacial score (nSPS) is 9.75. The average molecular weight is 283 g/mol. The van der Waals surface area contributed by atoms with E-state index in [9.17, 15) is 4.79 Å². The van der Waals surface area contributed by atoms with Crippen LogP contribution in [0.4, 0.5) is 0 Å². The van der Waals surface area contributed by atoms with Gasteiger partial charge in [-0.1, -0.05) is 0 Å². The molecule has 1 heterocycles. The standard InChI is InChI=1S/C6H6INO4/c7-12-6(11)3-8-4(9)1-2-5(8)10/h1-2,9-10H,3H2. The lowest BCUT2D eigenvalue weighted by Crippen LogP contribution is -2.08. The zero-order chi connectivity index (χ0) is 9.14. The number of halogens is 1. The Balaban J connectivity index is 2.80. The number of carbonyl (C=O) groups is 1. The third-order valence-corrected chi connectivity index (χ3v) is 1.80. The van der Waals surface area contributed by atoms with Gasteiger partial charge in [-0.05, 0) is 0 Å². The summed E-state index contributed by atoms with van der Waals surface area (Å²) in [4.78, 5) is 10.7. The molecule has 2 N–H and O–H groups in total. The monoisotopic (exact) mass is 283 g/mol. The van der Waals surface area contributed by atoms with Crippen LogP contribution in [0.15, 0.2) is 12.1 Å². The van der Waals surface area contributed by atoms with Crippen LogP contribution in [0, 0.1) is 0 Å². The highest BCUT2D eigenvalue weighted by atomic mass is 127. The van der Waals surface area contributed by atoms with Gasteiger partial charge in [-0.3, -0.25) is 4.57 Å². The van der Waals surface area contributed by atoms with Crippen molar-refractivity contribution in [1.29, 1.82) is 0 Å². The van der Waals surface area contributed by atoms with Gasteiger partial charge in [0.25, 0.3) is 0 Å². The minimum Gasteiger partial charge on any atom is -0.494 e. The molecular formula is C6H6INO4. The Hall–Kier alpha value is -0.920. The molecule has 0 atom stereocenters. The lowest BCUT2D eigenvalue weighted by atomic mass is 10.6. The van der Waals surface area contributed by atoms with Crippen LogP contribution < -0.4 is 0 Å². The molecule has 0 aromatic carbocycles. The summed E-state index contributed by atoms with van der Waals surface area (Å²) in [6.45, 7) is -0.201. The number of rotatable bonds is 2. The smallest absolute Gasteiger partial charge is 0.335 e. The van der Waals surface area contributed by atoms with E-state index >= 15 is 0 Å². The van der Waals surface area contributed by atoms with E-state index in [-0.39, 0.29) is 18.3 Å². The molecule has 0 spiro atoms. The second-order valence-corrected chi connectivity index (χ2v) is 2.53. The van der Waals surface area contributed by atoms with Crippen molar-refractivity contribution >= 4 is 29.0 Å². The van der Waals surface area contributed by atoms with E-state index < -0.39 is 5.97 Å². The lowest BCUT2D eigenvalue weighted by molar-refractivity contribution is -0.132. The molecule has 0 bridgehead atoms. The largest absolute Gasteiger partial charge is 0.494 e. The van der Waals surface area contributed by atoms with E-state index in [1.165, 1.54) is 35.1 Å². The molecule has 6 heteroatoms. The minimum atomic E-state index is -0.544. The fourth-order valence-corrected chi connectivity index (χ4v) is 0.901. The Bertz CT molecular complexity index is 276. The van der Waals surface area contributed by atoms with E-state index in [0.717, 1.165) is 4.57 Å². The van der Waals surface area contributed by atoms with Gasteiger partial charge < -0.3 is 13.3 Å². The highest BCUT2D eigenvalue weighted by Crippen LogP contribution is 2.20. The lowest BCUT2D eigenvalue weighted by Gasteiger charge is -2.02. The predicted octanol–water partition coefficient (Wildman–Crippen LogP) is 0.792. The average Bonchev–Trinajstić information content (AvgIpc) is 2.35. The summed E-state index contributed by atoms with van der Waals surface area (Å²) in [7, 11) is 0. The molecule has 66 valence electrons. The Morgan fingerprint density at radius 3 is 2.42 bits per heavy atom. The first kappa shape index (κ1) is 9.17. The molecule has 0 saturated carbocycles. The second kappa shape index (κ2) is 3.65. The van der Waals surface area contributed by atoms with Crippen molar-refractivity contribution in [2.24, 2.45) is 0 Å². The molecule has 1 aromatic heterocycles. The fraction of sp³-hybridized carbons (Fsp3) is 0.167. The SMILES string of the molecule is O=C(Cn1c(O)ccc1O)OI. The first-order chi connectivity index (χ1) is 5.65. The van der Waals surface area contributed by atoms with Crippen molar-refractivity contribution in [1.82, 2.24) is 4.57 Å². The second-order valence-electron chi connectivity index (χ2n) is 2.09. The van der Waals surface area contributed by atoms with Crippen LogP contribution in [-0.4, -0.2) is 20.7 Å². The highest BCUT2D eigenvalue weighted by molar-refractivity contribution is 14.1. The highest BCUT2D eigenvalue weighted by Gasteiger charge is 2.10. The first-order valence-electron chi connectivity index (χ1n) is 3.04. The van der Waals surface area contributed by atoms with Crippen molar-refractivity contribution in [2.75, 3.05) is 0 Å². The molecule has 0 aliphatic rings.